The van der Waals surface area contributed by atoms with Gasteiger partial charge in [0.1, 0.15) is 0 Å². The number of nitrogens with one attached hydrogen (secondary N) is 1. The van der Waals surface area contributed by atoms with Crippen molar-refractivity contribution in [3.63, 3.8) is 0 Å². The average molecular weight is 284 g/mol. The van der Waals surface area contributed by atoms with Crippen LogP contribution >= 0.6 is 0 Å². The highest BCUT2D eigenvalue weighted by atomic mass is 16.4. The number of urea groups is 1. The van der Waals surface area contributed by atoms with Crippen molar-refractivity contribution in [3.05, 3.63) is 0 Å². The van der Waals surface area contributed by atoms with Crippen LogP contribution in [0.3, 0.4) is 0 Å². The number of amides is 3. The fraction of sp³-hybridized carbons (Fsp3) is 0.786. The summed E-state index contributed by atoms with van der Waals surface area (Å²) in [6.07, 6.45) is 2.02. The van der Waals surface area contributed by atoms with Crippen molar-refractivity contribution < 1.29 is 19.5 Å². The van der Waals surface area contributed by atoms with E-state index in [2.05, 4.69) is 5.32 Å². The van der Waals surface area contributed by atoms with Gasteiger partial charge in [-0.1, -0.05) is 0 Å². The van der Waals surface area contributed by atoms with Gasteiger partial charge in [-0.15, -0.1) is 0 Å². The van der Waals surface area contributed by atoms with Gasteiger partial charge in [-0.2, -0.15) is 0 Å². The molecule has 0 atom stereocenters. The van der Waals surface area contributed by atoms with Crippen molar-refractivity contribution in [2.24, 2.45) is 11.3 Å². The molecule has 0 aromatic heterocycles. The third-order valence-corrected chi connectivity index (χ3v) is 3.46. The molecule has 1 saturated carbocycles. The molecule has 0 heterocycles. The molecule has 0 spiro atoms. The van der Waals surface area contributed by atoms with E-state index >= 15 is 0 Å². The molecule has 114 valence electrons. The molecule has 20 heavy (non-hydrogen) atoms. The third kappa shape index (κ3) is 4.83. The number of carbonyl (C=O) groups is 3. The van der Waals surface area contributed by atoms with Gasteiger partial charge in [-0.05, 0) is 46.5 Å². The predicted octanol–water partition coefficient (Wildman–Crippen LogP) is 1.84. The van der Waals surface area contributed by atoms with E-state index in [1.54, 1.807) is 4.90 Å². The van der Waals surface area contributed by atoms with Crippen molar-refractivity contribution in [2.75, 3.05) is 6.54 Å². The number of aliphatic carboxylic acids is 1. The van der Waals surface area contributed by atoms with Crippen LogP contribution in [0, 0.1) is 11.3 Å². The minimum Gasteiger partial charge on any atom is -0.481 e. The van der Waals surface area contributed by atoms with Crippen LogP contribution in [0.1, 0.15) is 47.0 Å². The number of imide groups is 1. The quantitative estimate of drug-likeness (QED) is 0.779. The molecule has 0 radical (unpaired) electrons. The lowest BCUT2D eigenvalue weighted by atomic mass is 9.89. The van der Waals surface area contributed by atoms with Crippen LogP contribution in [0.2, 0.25) is 0 Å². The van der Waals surface area contributed by atoms with Crippen molar-refractivity contribution in [1.82, 2.24) is 10.2 Å². The molecule has 1 rings (SSSR count). The molecule has 1 aliphatic carbocycles. The van der Waals surface area contributed by atoms with E-state index < -0.39 is 23.3 Å². The SMILES string of the molecule is CC(C)N(CC1CC1)C(=O)NC(=O)CC(C)(C)C(=O)O. The van der Waals surface area contributed by atoms with Gasteiger partial charge in [-0.3, -0.25) is 14.9 Å². The molecule has 0 bridgehead atoms. The van der Waals surface area contributed by atoms with E-state index in [4.69, 9.17) is 5.11 Å². The van der Waals surface area contributed by atoms with Gasteiger partial charge >= 0.3 is 12.0 Å². The molecule has 0 aromatic rings. The minimum atomic E-state index is -1.18. The first-order valence-electron chi connectivity index (χ1n) is 6.97. The summed E-state index contributed by atoms with van der Waals surface area (Å²) in [7, 11) is 0. The fourth-order valence-electron chi connectivity index (χ4n) is 1.82. The average Bonchev–Trinajstić information content (AvgIpc) is 3.07. The Labute approximate surface area is 119 Å². The lowest BCUT2D eigenvalue weighted by Crippen LogP contribution is -2.48. The summed E-state index contributed by atoms with van der Waals surface area (Å²) in [6.45, 7) is 7.37. The normalized spacial score (nSPS) is 15.1. The molecule has 2 N–H and O–H groups in total. The van der Waals surface area contributed by atoms with Crippen LogP contribution in [0.15, 0.2) is 0 Å². The van der Waals surface area contributed by atoms with Gasteiger partial charge in [0.25, 0.3) is 0 Å². The van der Waals surface area contributed by atoms with Crippen molar-refractivity contribution >= 4 is 17.9 Å². The molecule has 1 aliphatic rings. The Kier molecular flexibility index (Phi) is 5.14. The fourth-order valence-corrected chi connectivity index (χ4v) is 1.82. The second-order valence-corrected chi connectivity index (χ2v) is 6.41. The topological polar surface area (TPSA) is 86.7 Å². The molecule has 0 aliphatic heterocycles. The van der Waals surface area contributed by atoms with E-state index in [0.717, 1.165) is 12.8 Å². The van der Waals surface area contributed by atoms with Crippen LogP contribution < -0.4 is 5.32 Å². The van der Waals surface area contributed by atoms with E-state index in [-0.39, 0.29) is 12.5 Å². The zero-order chi connectivity index (χ0) is 15.5. The highest BCUT2D eigenvalue weighted by molar-refractivity contribution is 5.96. The maximum atomic E-state index is 12.1. The van der Waals surface area contributed by atoms with Gasteiger partial charge in [0.15, 0.2) is 0 Å². The van der Waals surface area contributed by atoms with E-state index in [1.165, 1.54) is 13.8 Å². The smallest absolute Gasteiger partial charge is 0.324 e. The van der Waals surface area contributed by atoms with Crippen LogP contribution in [0.4, 0.5) is 4.79 Å². The molecule has 1 fully saturated rings. The number of rotatable bonds is 6. The number of carboxylic acids is 1. The van der Waals surface area contributed by atoms with Gasteiger partial charge in [-0.25, -0.2) is 4.79 Å². The zero-order valence-corrected chi connectivity index (χ0v) is 12.6. The summed E-state index contributed by atoms with van der Waals surface area (Å²) < 4.78 is 0. The second-order valence-electron chi connectivity index (χ2n) is 6.41. The van der Waals surface area contributed by atoms with Crippen molar-refractivity contribution in [2.45, 2.75) is 53.0 Å². The van der Waals surface area contributed by atoms with Crippen LogP contribution in [0.5, 0.6) is 0 Å². The highest BCUT2D eigenvalue weighted by Gasteiger charge is 2.32. The Bertz CT molecular complexity index is 400. The number of hydrogen-bond acceptors (Lipinski definition) is 3. The number of hydrogen-bond donors (Lipinski definition) is 2. The Balaban J connectivity index is 2.54. The molecule has 6 heteroatoms. The van der Waals surface area contributed by atoms with E-state index in [9.17, 15) is 14.4 Å². The summed E-state index contributed by atoms with van der Waals surface area (Å²) in [5, 5.41) is 11.3. The number of carbonyl (C=O) groups excluding carboxylic acids is 2. The maximum Gasteiger partial charge on any atom is 0.324 e. The lowest BCUT2D eigenvalue weighted by Gasteiger charge is -2.27. The zero-order valence-electron chi connectivity index (χ0n) is 12.6. The summed E-state index contributed by atoms with van der Waals surface area (Å²) in [4.78, 5) is 36.4. The molecule has 0 aromatic carbocycles. The number of nitrogens with zero attached hydrogens (tertiary/aromatic N) is 1. The van der Waals surface area contributed by atoms with Gasteiger partial charge in [0.05, 0.1) is 5.41 Å². The van der Waals surface area contributed by atoms with Crippen LogP contribution in [0.25, 0.3) is 0 Å². The van der Waals surface area contributed by atoms with Gasteiger partial charge < -0.3 is 10.0 Å². The van der Waals surface area contributed by atoms with Crippen LogP contribution in [-0.4, -0.2) is 40.5 Å². The maximum absolute atomic E-state index is 12.1. The van der Waals surface area contributed by atoms with E-state index in [0.29, 0.717) is 12.5 Å². The summed E-state index contributed by atoms with van der Waals surface area (Å²) >= 11 is 0. The van der Waals surface area contributed by atoms with E-state index in [1.807, 2.05) is 13.8 Å². The standard InChI is InChI=1S/C14H24N2O4/c1-9(2)16(8-10-5-6-10)13(20)15-11(17)7-14(3,4)12(18)19/h9-10H,5-8H2,1-4H3,(H,18,19)(H,15,17,20). The first kappa shape index (κ1) is 16.5. The van der Waals surface area contributed by atoms with Crippen LogP contribution in [-0.2, 0) is 9.59 Å². The minimum absolute atomic E-state index is 0.0101. The van der Waals surface area contributed by atoms with Gasteiger partial charge in [0.2, 0.25) is 5.91 Å². The third-order valence-electron chi connectivity index (χ3n) is 3.46. The molecule has 3 amide bonds. The van der Waals surface area contributed by atoms with Crippen molar-refractivity contribution in [3.8, 4) is 0 Å². The summed E-state index contributed by atoms with van der Waals surface area (Å²) in [5.74, 6) is -1.07. The molecular formula is C14H24N2O4. The summed E-state index contributed by atoms with van der Waals surface area (Å²) in [5.41, 5.74) is -1.18. The Morgan fingerprint density at radius 2 is 1.85 bits per heavy atom. The first-order chi connectivity index (χ1) is 9.13. The molecular weight excluding hydrogens is 260 g/mol. The Morgan fingerprint density at radius 3 is 2.25 bits per heavy atom. The van der Waals surface area contributed by atoms with Gasteiger partial charge in [0, 0.05) is 19.0 Å². The first-order valence-corrected chi connectivity index (χ1v) is 6.97. The summed E-state index contributed by atoms with van der Waals surface area (Å²) in [6, 6.07) is -0.422. The Hall–Kier alpha value is -1.59. The number of carboxylic acid groups (broad SMARTS) is 1. The van der Waals surface area contributed by atoms with Crippen molar-refractivity contribution in [1.29, 1.82) is 0 Å². The second kappa shape index (κ2) is 6.24. The lowest BCUT2D eigenvalue weighted by molar-refractivity contribution is -0.149. The largest absolute Gasteiger partial charge is 0.481 e. The molecule has 0 saturated heterocycles. The monoisotopic (exact) mass is 284 g/mol. The molecule has 0 unspecified atom stereocenters. The Morgan fingerprint density at radius 1 is 1.30 bits per heavy atom. The predicted molar refractivity (Wildman–Crippen MR) is 74.1 cm³/mol. The highest BCUT2D eigenvalue weighted by Crippen LogP contribution is 2.30. The molecule has 6 nitrogen and oxygen atoms in total.